The summed E-state index contributed by atoms with van der Waals surface area (Å²) in [4.78, 5) is 15.1. The van der Waals surface area contributed by atoms with Crippen LogP contribution in [0.2, 0.25) is 0 Å². The van der Waals surface area contributed by atoms with E-state index in [1.807, 2.05) is 23.1 Å². The Morgan fingerprint density at radius 1 is 1.19 bits per heavy atom. The molecule has 27 heavy (non-hydrogen) atoms. The van der Waals surface area contributed by atoms with E-state index in [9.17, 15) is 4.79 Å². The molecule has 0 saturated carbocycles. The monoisotopic (exact) mass is 367 g/mol. The minimum Gasteiger partial charge on any atom is -0.497 e. The average molecular weight is 368 g/mol. The van der Waals surface area contributed by atoms with Gasteiger partial charge in [0.15, 0.2) is 6.54 Å². The Kier molecular flexibility index (Phi) is 5.85. The Morgan fingerprint density at radius 3 is 2.59 bits per heavy atom. The molecule has 0 spiro atoms. The molecule has 4 nitrogen and oxygen atoms in total. The third kappa shape index (κ3) is 4.33. The first-order chi connectivity index (χ1) is 12.9. The number of anilines is 1. The Morgan fingerprint density at radius 2 is 1.89 bits per heavy atom. The second-order valence-corrected chi connectivity index (χ2v) is 8.09. The highest BCUT2D eigenvalue weighted by Crippen LogP contribution is 2.42. The molecular weight excluding hydrogens is 336 g/mol. The predicted octanol–water partition coefficient (Wildman–Crippen LogP) is 3.12. The maximum absolute atomic E-state index is 13.1. The number of ether oxygens (including phenoxy) is 1. The standard InChI is InChI=1S/C23H30N2O2/c1-17-15-23(2,3)25(21-8-6-5-7-20(17)21)22(26)16-24-14-13-18-9-11-19(27-4)12-10-18/h5-12,17,24H,13-16H2,1-4H3/p+1/t17-/m1/s1. The second kappa shape index (κ2) is 8.13. The molecule has 1 aliphatic rings. The molecule has 1 atom stereocenters. The molecule has 0 saturated heterocycles. The van der Waals surface area contributed by atoms with Crippen LogP contribution in [0.1, 0.15) is 44.2 Å². The number of nitrogens with two attached hydrogens (primary N) is 1. The van der Waals surface area contributed by atoms with Crippen molar-refractivity contribution >= 4 is 11.6 Å². The summed E-state index contributed by atoms with van der Waals surface area (Å²) in [6.45, 7) is 7.97. The van der Waals surface area contributed by atoms with Gasteiger partial charge < -0.3 is 15.0 Å². The zero-order valence-electron chi connectivity index (χ0n) is 16.9. The molecule has 4 heteroatoms. The number of para-hydroxylation sites is 1. The minimum atomic E-state index is -0.158. The summed E-state index contributed by atoms with van der Waals surface area (Å²) in [6, 6.07) is 16.5. The third-order valence-electron chi connectivity index (χ3n) is 5.48. The summed E-state index contributed by atoms with van der Waals surface area (Å²) in [5.41, 5.74) is 3.46. The zero-order chi connectivity index (χ0) is 19.4. The first kappa shape index (κ1) is 19.4. The summed E-state index contributed by atoms with van der Waals surface area (Å²) < 4.78 is 5.19. The number of fused-ring (bicyclic) bond motifs is 1. The first-order valence-electron chi connectivity index (χ1n) is 9.79. The van der Waals surface area contributed by atoms with Gasteiger partial charge in [0.2, 0.25) is 0 Å². The van der Waals surface area contributed by atoms with Crippen molar-refractivity contribution < 1.29 is 14.8 Å². The van der Waals surface area contributed by atoms with E-state index in [1.165, 1.54) is 11.1 Å². The van der Waals surface area contributed by atoms with Crippen LogP contribution >= 0.6 is 0 Å². The fourth-order valence-corrected chi connectivity index (χ4v) is 4.23. The van der Waals surface area contributed by atoms with Crippen LogP contribution in [-0.4, -0.2) is 31.6 Å². The van der Waals surface area contributed by atoms with Gasteiger partial charge in [-0.1, -0.05) is 37.3 Å². The Bertz CT molecular complexity index is 783. The summed E-state index contributed by atoms with van der Waals surface area (Å²) in [7, 11) is 1.68. The van der Waals surface area contributed by atoms with Crippen LogP contribution in [0.3, 0.4) is 0 Å². The lowest BCUT2D eigenvalue weighted by Crippen LogP contribution is -2.87. The number of carbonyl (C=O) groups is 1. The van der Waals surface area contributed by atoms with Crippen LogP contribution in [0.5, 0.6) is 5.75 Å². The maximum atomic E-state index is 13.1. The number of amides is 1. The summed E-state index contributed by atoms with van der Waals surface area (Å²) >= 11 is 0. The lowest BCUT2D eigenvalue weighted by Gasteiger charge is -2.45. The molecule has 1 aliphatic heterocycles. The van der Waals surface area contributed by atoms with Gasteiger partial charge in [0.25, 0.3) is 5.91 Å². The van der Waals surface area contributed by atoms with Gasteiger partial charge in [-0.05, 0) is 55.5 Å². The molecule has 2 aromatic carbocycles. The normalized spacial score (nSPS) is 18.1. The van der Waals surface area contributed by atoms with Crippen molar-refractivity contribution in [3.63, 3.8) is 0 Å². The molecular formula is C23H31N2O2+. The van der Waals surface area contributed by atoms with Gasteiger partial charge in [-0.3, -0.25) is 4.79 Å². The molecule has 2 aromatic rings. The van der Waals surface area contributed by atoms with Crippen LogP contribution in [0.4, 0.5) is 5.69 Å². The van der Waals surface area contributed by atoms with E-state index in [2.05, 4.69) is 56.4 Å². The van der Waals surface area contributed by atoms with Crippen LogP contribution in [0.15, 0.2) is 48.5 Å². The summed E-state index contributed by atoms with van der Waals surface area (Å²) in [5, 5.41) is 2.11. The van der Waals surface area contributed by atoms with Crippen molar-refractivity contribution in [2.45, 2.75) is 45.1 Å². The van der Waals surface area contributed by atoms with E-state index in [4.69, 9.17) is 4.74 Å². The van der Waals surface area contributed by atoms with Gasteiger partial charge in [-0.25, -0.2) is 0 Å². The van der Waals surface area contributed by atoms with Crippen LogP contribution < -0.4 is 15.0 Å². The number of benzene rings is 2. The van der Waals surface area contributed by atoms with Gasteiger partial charge in [-0.2, -0.15) is 0 Å². The SMILES string of the molecule is COc1ccc(CC[NH2+]CC(=O)N2c3ccccc3[C@H](C)CC2(C)C)cc1. The highest BCUT2D eigenvalue weighted by Gasteiger charge is 2.39. The van der Waals surface area contributed by atoms with Crippen molar-refractivity contribution in [2.24, 2.45) is 0 Å². The average Bonchev–Trinajstić information content (AvgIpc) is 2.65. The quantitative estimate of drug-likeness (QED) is 0.798. The van der Waals surface area contributed by atoms with Crippen LogP contribution in [0.25, 0.3) is 0 Å². The maximum Gasteiger partial charge on any atom is 0.282 e. The minimum absolute atomic E-state index is 0.158. The highest BCUT2D eigenvalue weighted by atomic mass is 16.5. The number of hydrogen-bond acceptors (Lipinski definition) is 2. The van der Waals surface area contributed by atoms with Gasteiger partial charge in [0, 0.05) is 17.6 Å². The summed E-state index contributed by atoms with van der Waals surface area (Å²) in [5.74, 6) is 1.53. The first-order valence-corrected chi connectivity index (χ1v) is 9.79. The molecule has 2 N–H and O–H groups in total. The molecule has 1 amide bonds. The van der Waals surface area contributed by atoms with E-state index in [0.29, 0.717) is 12.5 Å². The van der Waals surface area contributed by atoms with Gasteiger partial charge in [0.05, 0.1) is 13.7 Å². The number of rotatable bonds is 6. The molecule has 0 fully saturated rings. The molecule has 144 valence electrons. The largest absolute Gasteiger partial charge is 0.497 e. The Labute approximate surface area is 162 Å². The van der Waals surface area contributed by atoms with Gasteiger partial charge in [-0.15, -0.1) is 0 Å². The van der Waals surface area contributed by atoms with Crippen LogP contribution in [-0.2, 0) is 11.2 Å². The molecule has 1 heterocycles. The predicted molar refractivity (Wildman–Crippen MR) is 109 cm³/mol. The topological polar surface area (TPSA) is 46.1 Å². The number of quaternary nitrogens is 1. The smallest absolute Gasteiger partial charge is 0.282 e. The lowest BCUT2D eigenvalue weighted by atomic mass is 9.80. The number of hydrogen-bond donors (Lipinski definition) is 1. The van der Waals surface area contributed by atoms with E-state index >= 15 is 0 Å². The van der Waals surface area contributed by atoms with Gasteiger partial charge >= 0.3 is 0 Å². The number of nitrogens with zero attached hydrogens (tertiary/aromatic N) is 1. The molecule has 0 aliphatic carbocycles. The van der Waals surface area contributed by atoms with Crippen molar-refractivity contribution in [3.8, 4) is 5.75 Å². The molecule has 0 radical (unpaired) electrons. The summed E-state index contributed by atoms with van der Waals surface area (Å²) in [6.07, 6.45) is 1.93. The third-order valence-corrected chi connectivity index (χ3v) is 5.48. The number of carbonyl (C=O) groups excluding carboxylic acids is 1. The fourth-order valence-electron chi connectivity index (χ4n) is 4.23. The van der Waals surface area contributed by atoms with E-state index in [-0.39, 0.29) is 11.4 Å². The van der Waals surface area contributed by atoms with Crippen molar-refractivity contribution in [1.29, 1.82) is 0 Å². The van der Waals surface area contributed by atoms with E-state index in [0.717, 1.165) is 30.8 Å². The van der Waals surface area contributed by atoms with Crippen molar-refractivity contribution in [2.75, 3.05) is 25.1 Å². The second-order valence-electron chi connectivity index (χ2n) is 8.09. The van der Waals surface area contributed by atoms with Crippen LogP contribution in [0, 0.1) is 0 Å². The highest BCUT2D eigenvalue weighted by molar-refractivity contribution is 5.96. The molecule has 0 bridgehead atoms. The van der Waals surface area contributed by atoms with Crippen molar-refractivity contribution in [3.05, 3.63) is 59.7 Å². The fraction of sp³-hybridized carbons (Fsp3) is 0.435. The number of methoxy groups -OCH3 is 1. The molecule has 3 rings (SSSR count). The van der Waals surface area contributed by atoms with E-state index < -0.39 is 0 Å². The Balaban J connectivity index is 1.60. The van der Waals surface area contributed by atoms with E-state index in [1.54, 1.807) is 7.11 Å². The van der Waals surface area contributed by atoms with Crippen molar-refractivity contribution in [1.82, 2.24) is 0 Å². The van der Waals surface area contributed by atoms with Gasteiger partial charge in [0.1, 0.15) is 5.75 Å². The lowest BCUT2D eigenvalue weighted by molar-refractivity contribution is -0.643. The molecule has 0 aromatic heterocycles. The Hall–Kier alpha value is -2.33. The zero-order valence-corrected chi connectivity index (χ0v) is 16.9. The molecule has 0 unspecified atom stereocenters.